The number of rotatable bonds is 10. The molecule has 0 aromatic heterocycles. The summed E-state index contributed by atoms with van der Waals surface area (Å²) in [5, 5.41) is 24.8. The van der Waals surface area contributed by atoms with Crippen LogP contribution in [0.3, 0.4) is 0 Å². The fourth-order valence-corrected chi connectivity index (χ4v) is 2.80. The Labute approximate surface area is 150 Å². The molecule has 0 heterocycles. The highest BCUT2D eigenvalue weighted by Crippen LogP contribution is 2.39. The van der Waals surface area contributed by atoms with Crippen LogP contribution < -0.4 is 5.32 Å². The van der Waals surface area contributed by atoms with Crippen LogP contribution >= 0.6 is 0 Å². The number of nitriles is 1. The molecule has 138 valence electrons. The minimum absolute atomic E-state index is 0.0268. The van der Waals surface area contributed by atoms with Crippen LogP contribution in [0.4, 0.5) is 0 Å². The summed E-state index contributed by atoms with van der Waals surface area (Å²) in [6, 6.07) is 1.31. The van der Waals surface area contributed by atoms with Gasteiger partial charge in [0.2, 0.25) is 0 Å². The standard InChI is InChI=1S/C19H29N3O3/c1-5-6-7-21-16-8-15(9-19(3,4)10-16)18(11-20)14(2)25-13-17(12-23)22-24/h8,17,21,23H,2,5-7,9-10,12-13H2,1,3-4H3/b18-15+. The predicted octanol–water partition coefficient (Wildman–Crippen LogP) is 3.56. The Morgan fingerprint density at radius 1 is 1.56 bits per heavy atom. The molecular formula is C19H29N3O3. The van der Waals surface area contributed by atoms with Crippen LogP contribution in [0.2, 0.25) is 0 Å². The van der Waals surface area contributed by atoms with Crippen molar-refractivity contribution in [3.05, 3.63) is 40.2 Å². The highest BCUT2D eigenvalue weighted by molar-refractivity contribution is 5.48. The van der Waals surface area contributed by atoms with E-state index in [1.807, 2.05) is 6.08 Å². The molecule has 0 amide bonds. The molecule has 0 aromatic carbocycles. The van der Waals surface area contributed by atoms with Gasteiger partial charge in [-0.05, 0) is 36.3 Å². The zero-order chi connectivity index (χ0) is 18.9. The minimum Gasteiger partial charge on any atom is -0.490 e. The molecule has 0 aromatic rings. The van der Waals surface area contributed by atoms with E-state index in [1.54, 1.807) is 0 Å². The molecule has 1 aliphatic carbocycles. The van der Waals surface area contributed by atoms with Crippen LogP contribution in [0.5, 0.6) is 0 Å². The van der Waals surface area contributed by atoms with Crippen molar-refractivity contribution < 1.29 is 9.84 Å². The van der Waals surface area contributed by atoms with Crippen LogP contribution in [-0.4, -0.2) is 30.9 Å². The average Bonchev–Trinajstić information content (AvgIpc) is 2.55. The van der Waals surface area contributed by atoms with E-state index in [-0.39, 0.29) is 17.8 Å². The van der Waals surface area contributed by atoms with Gasteiger partial charge < -0.3 is 15.2 Å². The summed E-state index contributed by atoms with van der Waals surface area (Å²) in [6.45, 7) is 10.7. The number of nitrogens with one attached hydrogen (secondary N) is 1. The van der Waals surface area contributed by atoms with Gasteiger partial charge in [-0.15, -0.1) is 0 Å². The van der Waals surface area contributed by atoms with Crippen molar-refractivity contribution in [3.63, 3.8) is 0 Å². The number of aliphatic hydroxyl groups is 1. The van der Waals surface area contributed by atoms with Gasteiger partial charge in [-0.2, -0.15) is 10.2 Å². The lowest BCUT2D eigenvalue weighted by Crippen LogP contribution is -2.26. The van der Waals surface area contributed by atoms with E-state index in [0.717, 1.165) is 43.5 Å². The van der Waals surface area contributed by atoms with Crippen molar-refractivity contribution in [2.24, 2.45) is 10.6 Å². The monoisotopic (exact) mass is 347 g/mol. The number of allylic oxidation sites excluding steroid dienone is 4. The van der Waals surface area contributed by atoms with Crippen molar-refractivity contribution >= 4 is 0 Å². The quantitative estimate of drug-likeness (QED) is 0.273. The molecule has 0 fully saturated rings. The lowest BCUT2D eigenvalue weighted by atomic mass is 9.76. The molecular weight excluding hydrogens is 318 g/mol. The highest BCUT2D eigenvalue weighted by Gasteiger charge is 2.28. The molecule has 6 nitrogen and oxygen atoms in total. The van der Waals surface area contributed by atoms with E-state index in [9.17, 15) is 10.2 Å². The van der Waals surface area contributed by atoms with E-state index < -0.39 is 12.6 Å². The number of nitroso groups, excluding NO2 is 1. The van der Waals surface area contributed by atoms with E-state index in [0.29, 0.717) is 5.57 Å². The molecule has 1 atom stereocenters. The summed E-state index contributed by atoms with van der Waals surface area (Å²) >= 11 is 0. The van der Waals surface area contributed by atoms with E-state index in [1.165, 1.54) is 0 Å². The summed E-state index contributed by atoms with van der Waals surface area (Å²) in [5.74, 6) is 0.210. The molecule has 0 radical (unpaired) electrons. The molecule has 1 unspecified atom stereocenters. The second-order valence-electron chi connectivity index (χ2n) is 7.16. The van der Waals surface area contributed by atoms with Gasteiger partial charge in [0.25, 0.3) is 0 Å². The summed E-state index contributed by atoms with van der Waals surface area (Å²) in [7, 11) is 0. The maximum atomic E-state index is 10.5. The zero-order valence-electron chi connectivity index (χ0n) is 15.5. The molecule has 0 spiro atoms. The fourth-order valence-electron chi connectivity index (χ4n) is 2.80. The molecule has 0 aliphatic heterocycles. The Hall–Kier alpha value is -2.13. The van der Waals surface area contributed by atoms with Crippen LogP contribution in [0.15, 0.2) is 40.4 Å². The molecule has 0 saturated heterocycles. The Morgan fingerprint density at radius 2 is 2.28 bits per heavy atom. The fraction of sp³-hybridized carbons (Fsp3) is 0.632. The van der Waals surface area contributed by atoms with Gasteiger partial charge in [0.05, 0.1) is 12.2 Å². The van der Waals surface area contributed by atoms with E-state index in [2.05, 4.69) is 43.9 Å². The first-order valence-electron chi connectivity index (χ1n) is 8.70. The lowest BCUT2D eigenvalue weighted by molar-refractivity contribution is 0.161. The lowest BCUT2D eigenvalue weighted by Gasteiger charge is -2.32. The Kier molecular flexibility index (Phi) is 8.36. The minimum atomic E-state index is -0.855. The van der Waals surface area contributed by atoms with Gasteiger partial charge in [0.15, 0.2) is 0 Å². The first-order valence-corrected chi connectivity index (χ1v) is 8.70. The molecule has 0 saturated carbocycles. The van der Waals surface area contributed by atoms with Crippen LogP contribution in [0.25, 0.3) is 0 Å². The van der Waals surface area contributed by atoms with Gasteiger partial charge in [0.1, 0.15) is 24.5 Å². The molecule has 0 bridgehead atoms. The van der Waals surface area contributed by atoms with Crippen molar-refractivity contribution in [1.29, 1.82) is 5.26 Å². The number of aliphatic hydroxyl groups excluding tert-OH is 1. The van der Waals surface area contributed by atoms with Crippen molar-refractivity contribution in [3.8, 4) is 6.07 Å². The number of unbranched alkanes of at least 4 members (excludes halogenated alkanes) is 1. The maximum absolute atomic E-state index is 10.5. The smallest absolute Gasteiger partial charge is 0.149 e. The maximum Gasteiger partial charge on any atom is 0.149 e. The van der Waals surface area contributed by atoms with Gasteiger partial charge >= 0.3 is 0 Å². The molecule has 1 rings (SSSR count). The number of hydrogen-bond acceptors (Lipinski definition) is 6. The van der Waals surface area contributed by atoms with Gasteiger partial charge in [0, 0.05) is 12.2 Å². The first-order chi connectivity index (χ1) is 11.9. The largest absolute Gasteiger partial charge is 0.490 e. The summed E-state index contributed by atoms with van der Waals surface area (Å²) in [5.41, 5.74) is 2.40. The first kappa shape index (κ1) is 20.9. The van der Waals surface area contributed by atoms with E-state index >= 15 is 0 Å². The van der Waals surface area contributed by atoms with Crippen molar-refractivity contribution in [2.75, 3.05) is 19.8 Å². The van der Waals surface area contributed by atoms with Crippen molar-refractivity contribution in [2.45, 2.75) is 52.5 Å². The number of hydrogen-bond donors (Lipinski definition) is 2. The van der Waals surface area contributed by atoms with Crippen molar-refractivity contribution in [1.82, 2.24) is 5.32 Å². The van der Waals surface area contributed by atoms with Crippen LogP contribution in [0, 0.1) is 21.7 Å². The molecule has 2 N–H and O–H groups in total. The summed E-state index contributed by atoms with van der Waals surface area (Å²) in [4.78, 5) is 10.5. The van der Waals surface area contributed by atoms with Gasteiger partial charge in [-0.1, -0.05) is 38.9 Å². The predicted molar refractivity (Wildman–Crippen MR) is 98.4 cm³/mol. The van der Waals surface area contributed by atoms with Gasteiger partial charge in [-0.25, -0.2) is 0 Å². The van der Waals surface area contributed by atoms with Crippen LogP contribution in [-0.2, 0) is 4.74 Å². The Bertz CT molecular complexity index is 585. The normalized spacial score (nSPS) is 19.2. The summed E-state index contributed by atoms with van der Waals surface area (Å²) in [6.07, 6.45) is 5.90. The summed E-state index contributed by atoms with van der Waals surface area (Å²) < 4.78 is 5.42. The topological polar surface area (TPSA) is 94.7 Å². The number of nitrogens with zero attached hydrogens (tertiary/aromatic N) is 2. The molecule has 25 heavy (non-hydrogen) atoms. The second-order valence-corrected chi connectivity index (χ2v) is 7.16. The molecule has 6 heteroatoms. The van der Waals surface area contributed by atoms with Gasteiger partial charge in [-0.3, -0.25) is 0 Å². The highest BCUT2D eigenvalue weighted by atomic mass is 16.5. The van der Waals surface area contributed by atoms with Crippen LogP contribution in [0.1, 0.15) is 46.5 Å². The third-order valence-electron chi connectivity index (χ3n) is 4.09. The van der Waals surface area contributed by atoms with E-state index in [4.69, 9.17) is 9.84 Å². The third kappa shape index (κ3) is 6.71. The number of ether oxygens (including phenoxy) is 1. The Morgan fingerprint density at radius 3 is 2.84 bits per heavy atom. The second kappa shape index (κ2) is 10.00. The molecule has 1 aliphatic rings. The average molecular weight is 347 g/mol. The zero-order valence-corrected chi connectivity index (χ0v) is 15.5. The SMILES string of the molecule is C=C(OCC(CO)N=O)/C(C#N)=C1\C=C(NCCCC)CC(C)(C)C1. The Balaban J connectivity index is 2.98. The third-order valence-corrected chi connectivity index (χ3v) is 4.09.